The maximum atomic E-state index is 12.6. The van der Waals surface area contributed by atoms with Gasteiger partial charge in [0.05, 0.1) is 12.7 Å². The quantitative estimate of drug-likeness (QED) is 0.361. The number of nitrogens with zero attached hydrogens (tertiary/aromatic N) is 1. The Labute approximate surface area is 199 Å². The minimum atomic E-state index is -3.84. The number of rotatable bonds is 9. The van der Waals surface area contributed by atoms with Crippen LogP contribution in [0.1, 0.15) is 39.0 Å². The molecule has 1 aromatic heterocycles. The molecule has 0 radical (unpaired) electrons. The topological polar surface area (TPSA) is 135 Å². The number of sulfone groups is 1. The van der Waals surface area contributed by atoms with Crippen molar-refractivity contribution in [1.82, 2.24) is 10.0 Å². The van der Waals surface area contributed by atoms with Crippen LogP contribution in [0.3, 0.4) is 0 Å². The van der Waals surface area contributed by atoms with E-state index in [2.05, 4.69) is 0 Å². The maximum absolute atomic E-state index is 12.6. The third-order valence-corrected chi connectivity index (χ3v) is 8.74. The Balaban J connectivity index is 1.64. The van der Waals surface area contributed by atoms with E-state index in [1.165, 1.54) is 23.0 Å². The molecule has 3 rings (SSSR count). The summed E-state index contributed by atoms with van der Waals surface area (Å²) in [6, 6.07) is 10.6. The third-order valence-electron chi connectivity index (χ3n) is 6.72. The highest BCUT2D eigenvalue weighted by molar-refractivity contribution is 7.92. The van der Waals surface area contributed by atoms with Crippen LogP contribution < -0.4 is 15.8 Å². The van der Waals surface area contributed by atoms with Gasteiger partial charge in [-0.25, -0.2) is 13.9 Å². The van der Waals surface area contributed by atoms with Gasteiger partial charge in [-0.1, -0.05) is 12.1 Å². The van der Waals surface area contributed by atoms with Crippen LogP contribution in [0, 0.1) is 5.92 Å². The predicted molar refractivity (Wildman–Crippen MR) is 127 cm³/mol. The molecule has 10 heteroatoms. The average Bonchev–Trinajstić information content (AvgIpc) is 2.81. The molecular formula is C24H32N2O7S. The molecule has 1 aliphatic rings. The molecule has 1 fully saturated rings. The van der Waals surface area contributed by atoms with Crippen molar-refractivity contribution in [3.8, 4) is 16.9 Å². The number of pyridine rings is 1. The lowest BCUT2D eigenvalue weighted by Crippen LogP contribution is -2.49. The van der Waals surface area contributed by atoms with E-state index in [1.807, 2.05) is 24.3 Å². The molecule has 1 saturated carbocycles. The Morgan fingerprint density at radius 1 is 1.15 bits per heavy atom. The van der Waals surface area contributed by atoms with Gasteiger partial charge < -0.3 is 14.4 Å². The van der Waals surface area contributed by atoms with Crippen LogP contribution in [0.2, 0.25) is 0 Å². The summed E-state index contributed by atoms with van der Waals surface area (Å²) in [5.74, 6) is 0.150. The minimum absolute atomic E-state index is 0.0128. The molecule has 0 aliphatic heterocycles. The van der Waals surface area contributed by atoms with Crippen LogP contribution >= 0.6 is 0 Å². The zero-order valence-corrected chi connectivity index (χ0v) is 20.3. The first-order valence-electron chi connectivity index (χ1n) is 11.3. The number of carbonyl (C=O) groups excluding carboxylic acids is 1. The van der Waals surface area contributed by atoms with Crippen molar-refractivity contribution < 1.29 is 28.3 Å². The maximum Gasteiger partial charge on any atom is 0.264 e. The Morgan fingerprint density at radius 2 is 1.79 bits per heavy atom. The van der Waals surface area contributed by atoms with Crippen LogP contribution in [-0.2, 0) is 21.2 Å². The highest BCUT2D eigenvalue weighted by Crippen LogP contribution is 2.27. The molecular weight excluding hydrogens is 460 g/mol. The predicted octanol–water partition coefficient (Wildman–Crippen LogP) is 2.14. The molecule has 3 N–H and O–H groups in total. The molecule has 2 aromatic rings. The van der Waals surface area contributed by atoms with Gasteiger partial charge in [-0.3, -0.25) is 14.8 Å². The zero-order chi connectivity index (χ0) is 24.9. The number of hydroxylamine groups is 1. The van der Waals surface area contributed by atoms with E-state index in [4.69, 9.17) is 9.94 Å². The van der Waals surface area contributed by atoms with Gasteiger partial charge in [-0.15, -0.1) is 0 Å². The van der Waals surface area contributed by atoms with Gasteiger partial charge in [0.1, 0.15) is 5.75 Å². The van der Waals surface area contributed by atoms with E-state index < -0.39 is 20.5 Å². The van der Waals surface area contributed by atoms with Crippen molar-refractivity contribution in [2.45, 2.75) is 56.4 Å². The van der Waals surface area contributed by atoms with Gasteiger partial charge in [-0.05, 0) is 74.3 Å². The van der Waals surface area contributed by atoms with E-state index >= 15 is 0 Å². The van der Waals surface area contributed by atoms with Crippen molar-refractivity contribution in [3.05, 3.63) is 52.9 Å². The van der Waals surface area contributed by atoms with E-state index in [1.54, 1.807) is 12.3 Å². The third kappa shape index (κ3) is 6.05. The molecule has 0 unspecified atom stereocenters. The largest absolute Gasteiger partial charge is 0.493 e. The molecule has 1 aromatic carbocycles. The summed E-state index contributed by atoms with van der Waals surface area (Å²) in [4.78, 5) is 24.6. The van der Waals surface area contributed by atoms with Gasteiger partial charge >= 0.3 is 0 Å². The van der Waals surface area contributed by atoms with Crippen LogP contribution in [0.25, 0.3) is 11.1 Å². The lowest BCUT2D eigenvalue weighted by Gasteiger charge is -2.25. The zero-order valence-electron chi connectivity index (χ0n) is 19.4. The molecule has 1 aliphatic carbocycles. The molecule has 9 nitrogen and oxygen atoms in total. The highest BCUT2D eigenvalue weighted by atomic mass is 32.2. The Kier molecular flexibility index (Phi) is 8.17. The smallest absolute Gasteiger partial charge is 0.264 e. The molecule has 1 atom stereocenters. The second kappa shape index (κ2) is 10.7. The number of carbonyl (C=O) groups is 1. The van der Waals surface area contributed by atoms with Crippen LogP contribution in [0.15, 0.2) is 47.4 Å². The summed E-state index contributed by atoms with van der Waals surface area (Å²) in [7, 11) is -3.84. The summed E-state index contributed by atoms with van der Waals surface area (Å²) in [5.41, 5.74) is 2.60. The van der Waals surface area contributed by atoms with E-state index in [0.29, 0.717) is 18.1 Å². The fraction of sp³-hybridized carbons (Fsp3) is 0.500. The molecule has 1 amide bonds. The molecule has 1 heterocycles. The average molecular weight is 493 g/mol. The summed E-state index contributed by atoms with van der Waals surface area (Å²) in [6.07, 6.45) is 5.67. The summed E-state index contributed by atoms with van der Waals surface area (Å²) in [6.45, 7) is 1.82. The van der Waals surface area contributed by atoms with Gasteiger partial charge in [0.25, 0.3) is 11.5 Å². The van der Waals surface area contributed by atoms with E-state index in [-0.39, 0.29) is 24.6 Å². The summed E-state index contributed by atoms with van der Waals surface area (Å²) >= 11 is 0. The number of aliphatic hydroxyl groups excluding tert-OH is 1. The Hall–Kier alpha value is -2.69. The van der Waals surface area contributed by atoms with Crippen LogP contribution in [0.4, 0.5) is 0 Å². The van der Waals surface area contributed by atoms with Gasteiger partial charge in [-0.2, -0.15) is 0 Å². The Morgan fingerprint density at radius 3 is 2.35 bits per heavy atom. The number of aromatic nitrogens is 1. The molecule has 0 saturated heterocycles. The lowest BCUT2D eigenvalue weighted by molar-refractivity contribution is -0.131. The first-order chi connectivity index (χ1) is 16.0. The summed E-state index contributed by atoms with van der Waals surface area (Å²) in [5, 5.41) is 18.5. The summed E-state index contributed by atoms with van der Waals surface area (Å²) < 4.78 is 29.5. The number of nitrogens with one attached hydrogen (secondary N) is 1. The Bertz CT molecular complexity index is 1150. The highest BCUT2D eigenvalue weighted by Gasteiger charge is 2.43. The van der Waals surface area contributed by atoms with Crippen molar-refractivity contribution in [2.75, 3.05) is 12.9 Å². The number of ether oxygens (including phenoxy) is 1. The molecule has 34 heavy (non-hydrogen) atoms. The second-order valence-electron chi connectivity index (χ2n) is 9.15. The number of benzene rings is 1. The SMILES string of the molecule is C[C@@](CCn1ccc(-c2ccc(OC[C@H]3CC[C@@H](O)CC3)cc2)cc1=O)(C(=O)NO)S(C)(=O)=O. The van der Waals surface area contributed by atoms with E-state index in [0.717, 1.165) is 43.3 Å². The fourth-order valence-electron chi connectivity index (χ4n) is 4.06. The van der Waals surface area contributed by atoms with Crippen LogP contribution in [-0.4, -0.2) is 52.9 Å². The molecule has 0 bridgehead atoms. The van der Waals surface area contributed by atoms with E-state index in [9.17, 15) is 23.1 Å². The van der Waals surface area contributed by atoms with Gasteiger partial charge in [0.2, 0.25) is 0 Å². The number of aryl methyl sites for hydroxylation is 1. The first-order valence-corrected chi connectivity index (χ1v) is 13.2. The lowest BCUT2D eigenvalue weighted by atomic mass is 9.88. The van der Waals surface area contributed by atoms with Crippen molar-refractivity contribution in [3.63, 3.8) is 0 Å². The number of hydrogen-bond acceptors (Lipinski definition) is 7. The van der Waals surface area contributed by atoms with Crippen LogP contribution in [0.5, 0.6) is 5.75 Å². The van der Waals surface area contributed by atoms with Crippen molar-refractivity contribution in [2.24, 2.45) is 5.92 Å². The molecule has 0 spiro atoms. The van der Waals surface area contributed by atoms with Gasteiger partial charge in [0.15, 0.2) is 14.6 Å². The second-order valence-corrected chi connectivity index (χ2v) is 11.6. The normalized spacial score (nSPS) is 20.4. The molecule has 186 valence electrons. The minimum Gasteiger partial charge on any atom is -0.493 e. The fourth-order valence-corrected chi connectivity index (χ4v) is 4.91. The number of aliphatic hydroxyl groups is 1. The van der Waals surface area contributed by atoms with Crippen molar-refractivity contribution >= 4 is 15.7 Å². The standard InChI is InChI=1S/C24H32N2O7S/c1-24(23(29)25-30,34(2,31)32)12-14-26-13-11-19(15-22(26)28)18-5-9-21(10-6-18)33-16-17-3-7-20(27)8-4-17/h5-6,9-11,13,15,17,20,27,30H,3-4,7-8,12,14,16H2,1-2H3,(H,25,29)/t17-,20+,24-/m1/s1. The first kappa shape index (κ1) is 25.9. The number of amides is 1. The van der Waals surface area contributed by atoms with Gasteiger partial charge in [0, 0.05) is 25.1 Å². The number of hydrogen-bond donors (Lipinski definition) is 3. The monoisotopic (exact) mass is 492 g/mol. The van der Waals surface area contributed by atoms with Crippen molar-refractivity contribution in [1.29, 1.82) is 0 Å².